The van der Waals surface area contributed by atoms with Crippen LogP contribution in [0.25, 0.3) is 0 Å². The number of hydrogen-bond acceptors (Lipinski definition) is 6. The van der Waals surface area contributed by atoms with Crippen molar-refractivity contribution in [3.8, 4) is 0 Å². The number of rotatable bonds is 6. The summed E-state index contributed by atoms with van der Waals surface area (Å²) in [5, 5.41) is 0. The van der Waals surface area contributed by atoms with Gasteiger partial charge in [-0.2, -0.15) is 0 Å². The zero-order valence-electron chi connectivity index (χ0n) is 22.8. The summed E-state index contributed by atoms with van der Waals surface area (Å²) in [6.07, 6.45) is 0. The number of amides is 2. The standard InChI is InChI=1S/2C9H9NOS2.2C7H7.Sn/c2*1-7(11)10(9(12)13)8-5-3-2-4-6-8;2*1-7-5-3-2-4-6-7;/h2*2-6H,1H3,(H,12,13);2*2-6H,1H2;/q;;;;+2/p-2. The molecule has 4 nitrogen and oxygen atoms in total. The number of para-hydroxylation sites is 2. The monoisotopic (exact) mass is 722 g/mol. The zero-order chi connectivity index (χ0) is 30.0. The number of carbonyl (C=O) groups is 2. The van der Waals surface area contributed by atoms with Crippen molar-refractivity contribution in [1.82, 2.24) is 0 Å². The van der Waals surface area contributed by atoms with Crippen molar-refractivity contribution in [1.29, 1.82) is 0 Å². The molecule has 4 rings (SSSR count). The molecule has 2 amide bonds. The summed E-state index contributed by atoms with van der Waals surface area (Å²) < 4.78 is 3.00. The normalized spacial score (nSPS) is 9.41. The Labute approximate surface area is 275 Å². The summed E-state index contributed by atoms with van der Waals surface area (Å²) in [5.41, 5.74) is 4.46. The van der Waals surface area contributed by atoms with Crippen LogP contribution in [0.4, 0.5) is 11.4 Å². The summed E-state index contributed by atoms with van der Waals surface area (Å²) in [5.74, 6) is -0.322. The van der Waals surface area contributed by atoms with Gasteiger partial charge in [0.15, 0.2) is 0 Å². The van der Waals surface area contributed by atoms with Crippen molar-refractivity contribution in [3.05, 3.63) is 132 Å². The number of hydrogen-bond donors (Lipinski definition) is 0. The summed E-state index contributed by atoms with van der Waals surface area (Å²) >= 11 is 18.9. The zero-order valence-corrected chi connectivity index (χ0v) is 28.9. The molecule has 208 valence electrons. The molecule has 0 atom stereocenters. The third-order valence-corrected chi connectivity index (χ3v) is 9.86. The Bertz CT molecular complexity index is 1240. The summed E-state index contributed by atoms with van der Waals surface area (Å²) in [6.45, 7) is 2.87. The van der Waals surface area contributed by atoms with Gasteiger partial charge in [-0.1, -0.05) is 45.0 Å². The molecular formula is C32H30N2O2S4Sn. The van der Waals surface area contributed by atoms with Crippen molar-refractivity contribution >= 4 is 103 Å². The van der Waals surface area contributed by atoms with Gasteiger partial charge in [0.25, 0.3) is 0 Å². The van der Waals surface area contributed by atoms with Crippen LogP contribution >= 0.6 is 24.4 Å². The molecule has 4 aromatic rings. The van der Waals surface area contributed by atoms with Crippen LogP contribution in [-0.4, -0.2) is 41.6 Å². The van der Waals surface area contributed by atoms with Gasteiger partial charge < -0.3 is 59.5 Å². The molecule has 0 bridgehead atoms. The second-order valence-electron chi connectivity index (χ2n) is 8.49. The molecule has 4 aromatic carbocycles. The van der Waals surface area contributed by atoms with E-state index in [0.29, 0.717) is 0 Å². The van der Waals surface area contributed by atoms with E-state index in [9.17, 15) is 9.59 Å². The molecule has 41 heavy (non-hydrogen) atoms. The molecule has 9 heteroatoms. The predicted octanol–water partition coefficient (Wildman–Crippen LogP) is 6.83. The molecule has 0 aliphatic carbocycles. The van der Waals surface area contributed by atoms with Gasteiger partial charge in [0.05, 0.1) is 0 Å². The maximum absolute atomic E-state index is 11.2. The fraction of sp³-hybridized carbons (Fsp3) is 0.125. The molecule has 0 radical (unpaired) electrons. The molecule has 0 spiro atoms. The molecule has 0 fully saturated rings. The number of carbonyl (C=O) groups excluding carboxylic acids is 2. The van der Waals surface area contributed by atoms with E-state index in [-0.39, 0.29) is 41.6 Å². The number of anilines is 2. The Morgan fingerprint density at radius 1 is 0.561 bits per heavy atom. The van der Waals surface area contributed by atoms with Gasteiger partial charge in [0.1, 0.15) is 0 Å². The summed E-state index contributed by atoms with van der Waals surface area (Å²) in [7, 11) is 0. The molecular weight excluding hydrogens is 691 g/mol. The minimum atomic E-state index is -0.258. The van der Waals surface area contributed by atoms with Crippen LogP contribution in [-0.2, 0) is 43.7 Å². The van der Waals surface area contributed by atoms with E-state index in [2.05, 4.69) is 60.7 Å². The number of benzene rings is 4. The Morgan fingerprint density at radius 3 is 1.07 bits per heavy atom. The van der Waals surface area contributed by atoms with Crippen molar-refractivity contribution < 1.29 is 9.59 Å². The Kier molecular flexibility index (Phi) is 16.3. The first-order valence-electron chi connectivity index (χ1n) is 12.6. The SMILES string of the molecule is CC(=O)N(C(=S)[S-])c1ccccc1.CC(=O)N(C(=S)[S-])c1ccccc1.c1ccc([CH2][Sn+2][CH2]c2ccccc2)cc1. The van der Waals surface area contributed by atoms with E-state index in [1.807, 2.05) is 36.4 Å². The van der Waals surface area contributed by atoms with Gasteiger partial charge in [-0.15, -0.1) is 0 Å². The quantitative estimate of drug-likeness (QED) is 0.124. The van der Waals surface area contributed by atoms with E-state index >= 15 is 0 Å². The molecule has 0 aliphatic heterocycles. The molecule has 0 saturated heterocycles. The van der Waals surface area contributed by atoms with Crippen molar-refractivity contribution in [2.24, 2.45) is 0 Å². The molecule has 0 heterocycles. The Balaban J connectivity index is 0.000000216. The molecule has 0 aromatic heterocycles. The topological polar surface area (TPSA) is 40.6 Å². The van der Waals surface area contributed by atoms with Crippen LogP contribution < -0.4 is 9.80 Å². The van der Waals surface area contributed by atoms with Crippen LogP contribution in [0.15, 0.2) is 121 Å². The average molecular weight is 722 g/mol. The Hall–Kier alpha value is -2.76. The third-order valence-electron chi connectivity index (χ3n) is 5.37. The fourth-order valence-electron chi connectivity index (χ4n) is 3.53. The van der Waals surface area contributed by atoms with Gasteiger partial charge in [-0.05, 0) is 24.3 Å². The summed E-state index contributed by atoms with van der Waals surface area (Å²) in [6, 6.07) is 39.9. The first-order valence-corrected chi connectivity index (χ1v) is 18.3. The fourth-order valence-corrected chi connectivity index (χ4v) is 7.81. The van der Waals surface area contributed by atoms with Gasteiger partial charge in [-0.3, -0.25) is 9.59 Å². The molecule has 0 saturated carbocycles. The van der Waals surface area contributed by atoms with Crippen molar-refractivity contribution in [2.75, 3.05) is 9.80 Å². The van der Waals surface area contributed by atoms with Gasteiger partial charge in [0.2, 0.25) is 11.8 Å². The number of nitrogens with zero attached hydrogens (tertiary/aromatic N) is 2. The Morgan fingerprint density at radius 2 is 0.829 bits per heavy atom. The third kappa shape index (κ3) is 13.2. The first-order chi connectivity index (χ1) is 19.7. The van der Waals surface area contributed by atoms with Crippen LogP contribution in [0.5, 0.6) is 0 Å². The molecule has 0 unspecified atom stereocenters. The van der Waals surface area contributed by atoms with Crippen LogP contribution in [0.1, 0.15) is 25.0 Å². The van der Waals surface area contributed by atoms with Crippen molar-refractivity contribution in [3.63, 3.8) is 0 Å². The average Bonchev–Trinajstić information content (AvgIpc) is 2.95. The van der Waals surface area contributed by atoms with E-state index in [4.69, 9.17) is 49.7 Å². The second-order valence-corrected chi connectivity index (χ2v) is 14.0. The second kappa shape index (κ2) is 19.4. The predicted molar refractivity (Wildman–Crippen MR) is 185 cm³/mol. The van der Waals surface area contributed by atoms with Crippen molar-refractivity contribution in [2.45, 2.75) is 22.7 Å². The van der Waals surface area contributed by atoms with Gasteiger partial charge in [-0.25, -0.2) is 0 Å². The summed E-state index contributed by atoms with van der Waals surface area (Å²) in [4.78, 5) is 25.0. The number of thiocarbonyl (C=S) groups is 2. The van der Waals surface area contributed by atoms with E-state index in [1.165, 1.54) is 43.6 Å². The molecule has 0 N–H and O–H groups in total. The van der Waals surface area contributed by atoms with Gasteiger partial charge in [0, 0.05) is 25.2 Å². The van der Waals surface area contributed by atoms with Gasteiger partial charge >= 0.3 is 102 Å². The molecule has 0 aliphatic rings. The van der Waals surface area contributed by atoms with Crippen LogP contribution in [0.2, 0.25) is 0 Å². The minimum absolute atomic E-state index is 0.152. The van der Waals surface area contributed by atoms with E-state index < -0.39 is 0 Å². The van der Waals surface area contributed by atoms with Crippen LogP contribution in [0.3, 0.4) is 0 Å². The van der Waals surface area contributed by atoms with E-state index in [1.54, 1.807) is 24.3 Å². The van der Waals surface area contributed by atoms with E-state index in [0.717, 1.165) is 11.4 Å². The van der Waals surface area contributed by atoms with Crippen LogP contribution in [0, 0.1) is 0 Å². The first kappa shape index (κ1) is 34.4. The maximum atomic E-state index is 11.2.